The van der Waals surface area contributed by atoms with E-state index in [1.165, 1.54) is 6.20 Å². The average molecular weight is 343 g/mol. The lowest BCUT2D eigenvalue weighted by atomic mass is 10.1. The number of fused-ring (bicyclic) bond motifs is 1. The molecule has 1 atom stereocenters. The third-order valence-corrected chi connectivity index (χ3v) is 3.88. The van der Waals surface area contributed by atoms with Crippen molar-refractivity contribution in [2.24, 2.45) is 0 Å². The summed E-state index contributed by atoms with van der Waals surface area (Å²) in [6.07, 6.45) is 1.25. The molecule has 2 heterocycles. The molecule has 1 unspecified atom stereocenters. The predicted molar refractivity (Wildman–Crippen MR) is 93.5 cm³/mol. The number of aromatic nitrogens is 1. The first kappa shape index (κ1) is 17.0. The highest BCUT2D eigenvalue weighted by atomic mass is 16.6. The van der Waals surface area contributed by atoms with Gasteiger partial charge in [-0.1, -0.05) is 6.07 Å². The lowest BCUT2D eigenvalue weighted by Gasteiger charge is -2.22. The number of hydrogen-bond acceptors (Lipinski definition) is 5. The third-order valence-electron chi connectivity index (χ3n) is 3.88. The van der Waals surface area contributed by atoms with Crippen LogP contribution in [0, 0.1) is 0 Å². The molecule has 1 saturated heterocycles. The Morgan fingerprint density at radius 2 is 2.16 bits per heavy atom. The van der Waals surface area contributed by atoms with Crippen molar-refractivity contribution in [3.05, 3.63) is 30.5 Å². The van der Waals surface area contributed by atoms with Crippen molar-refractivity contribution >= 4 is 28.6 Å². The number of alkyl carbamates (subject to hydrolysis) is 1. The standard InChI is InChI=1S/C18H21N3O4/c1-18(2,3)25-17(24)20-14-7-8-21(16(14)23)15-6-4-5-13-12(15)9-11(22)10-19-13/h4-6,9-10,14,22H,7-8H2,1-3H3,(H,20,24). The van der Waals surface area contributed by atoms with Gasteiger partial charge in [0.15, 0.2) is 0 Å². The number of hydrogen-bond donors (Lipinski definition) is 2. The predicted octanol–water partition coefficient (Wildman–Crippen LogP) is 2.57. The Morgan fingerprint density at radius 3 is 2.88 bits per heavy atom. The number of amides is 2. The number of nitrogens with zero attached hydrogens (tertiary/aromatic N) is 2. The summed E-state index contributed by atoms with van der Waals surface area (Å²) in [6, 6.07) is 6.38. The van der Waals surface area contributed by atoms with Gasteiger partial charge in [-0.25, -0.2) is 4.79 Å². The van der Waals surface area contributed by atoms with E-state index in [0.29, 0.717) is 29.6 Å². The van der Waals surface area contributed by atoms with Gasteiger partial charge in [0, 0.05) is 11.9 Å². The maximum atomic E-state index is 12.7. The summed E-state index contributed by atoms with van der Waals surface area (Å²) in [5.74, 6) is -0.170. The molecule has 7 heteroatoms. The molecule has 1 aromatic heterocycles. The summed E-state index contributed by atoms with van der Waals surface area (Å²) in [5, 5.41) is 13.0. The van der Waals surface area contributed by atoms with Crippen LogP contribution in [0.15, 0.2) is 30.5 Å². The quantitative estimate of drug-likeness (QED) is 0.874. The van der Waals surface area contributed by atoms with E-state index >= 15 is 0 Å². The average Bonchev–Trinajstić information content (AvgIpc) is 2.85. The second-order valence-electron chi connectivity index (χ2n) is 7.01. The van der Waals surface area contributed by atoms with E-state index in [9.17, 15) is 14.7 Å². The van der Waals surface area contributed by atoms with E-state index in [2.05, 4.69) is 10.3 Å². The van der Waals surface area contributed by atoms with E-state index in [1.54, 1.807) is 37.8 Å². The van der Waals surface area contributed by atoms with Crippen LogP contribution in [0.3, 0.4) is 0 Å². The number of pyridine rings is 1. The van der Waals surface area contributed by atoms with Gasteiger partial charge in [0.1, 0.15) is 17.4 Å². The molecule has 0 spiro atoms. The van der Waals surface area contributed by atoms with Crippen molar-refractivity contribution in [3.8, 4) is 5.75 Å². The Bertz CT molecular complexity index is 829. The highest BCUT2D eigenvalue weighted by molar-refractivity contribution is 6.07. The Morgan fingerprint density at radius 1 is 1.40 bits per heavy atom. The molecule has 2 N–H and O–H groups in total. The zero-order valence-electron chi connectivity index (χ0n) is 14.4. The molecule has 2 aromatic rings. The van der Waals surface area contributed by atoms with Gasteiger partial charge in [0.05, 0.1) is 17.4 Å². The molecule has 0 bridgehead atoms. The molecule has 1 aliphatic rings. The number of carbonyl (C=O) groups excluding carboxylic acids is 2. The van der Waals surface area contributed by atoms with Gasteiger partial charge in [0.25, 0.3) is 0 Å². The second kappa shape index (κ2) is 6.23. The first-order valence-corrected chi connectivity index (χ1v) is 8.13. The number of anilines is 1. The van der Waals surface area contributed by atoms with E-state index in [1.807, 2.05) is 12.1 Å². The summed E-state index contributed by atoms with van der Waals surface area (Å²) in [6.45, 7) is 5.77. The highest BCUT2D eigenvalue weighted by Crippen LogP contribution is 2.31. The Hall–Kier alpha value is -2.83. The van der Waals surface area contributed by atoms with Gasteiger partial charge in [0.2, 0.25) is 5.91 Å². The normalized spacial score (nSPS) is 17.8. The van der Waals surface area contributed by atoms with Gasteiger partial charge < -0.3 is 20.1 Å². The minimum atomic E-state index is -0.629. The van der Waals surface area contributed by atoms with Crippen LogP contribution >= 0.6 is 0 Å². The van der Waals surface area contributed by atoms with Crippen LogP contribution in [0.25, 0.3) is 10.9 Å². The maximum Gasteiger partial charge on any atom is 0.408 e. The number of carbonyl (C=O) groups is 2. The summed E-state index contributed by atoms with van der Waals surface area (Å²) >= 11 is 0. The van der Waals surface area contributed by atoms with E-state index < -0.39 is 17.7 Å². The Kier molecular flexibility index (Phi) is 4.24. The second-order valence-corrected chi connectivity index (χ2v) is 7.01. The number of ether oxygens (including phenoxy) is 1. The first-order chi connectivity index (χ1) is 11.7. The minimum absolute atomic E-state index is 0.0371. The third kappa shape index (κ3) is 3.65. The lowest BCUT2D eigenvalue weighted by molar-refractivity contribution is -0.118. The van der Waals surface area contributed by atoms with Crippen LogP contribution in [0.4, 0.5) is 10.5 Å². The number of benzene rings is 1. The van der Waals surface area contributed by atoms with Gasteiger partial charge in [-0.15, -0.1) is 0 Å². The van der Waals surface area contributed by atoms with Gasteiger partial charge >= 0.3 is 6.09 Å². The molecule has 132 valence electrons. The summed E-state index contributed by atoms with van der Waals surface area (Å²) < 4.78 is 5.21. The van der Waals surface area contributed by atoms with Crippen LogP contribution in [0.2, 0.25) is 0 Å². The SMILES string of the molecule is CC(C)(C)OC(=O)NC1CCN(c2cccc3ncc(O)cc23)C1=O. The van der Waals surface area contributed by atoms with E-state index in [-0.39, 0.29) is 11.7 Å². The molecule has 1 fully saturated rings. The van der Waals surface area contributed by atoms with Gasteiger partial charge in [-0.3, -0.25) is 9.78 Å². The molecule has 3 rings (SSSR count). The number of rotatable bonds is 2. The fourth-order valence-electron chi connectivity index (χ4n) is 2.86. The molecule has 0 radical (unpaired) electrons. The molecule has 2 amide bonds. The summed E-state index contributed by atoms with van der Waals surface area (Å²) in [4.78, 5) is 30.4. The Labute approximate surface area is 145 Å². The van der Waals surface area contributed by atoms with Crippen molar-refractivity contribution in [1.82, 2.24) is 10.3 Å². The van der Waals surface area contributed by atoms with Crippen LogP contribution in [-0.2, 0) is 9.53 Å². The molecule has 7 nitrogen and oxygen atoms in total. The van der Waals surface area contributed by atoms with Gasteiger partial charge in [-0.2, -0.15) is 0 Å². The highest BCUT2D eigenvalue weighted by Gasteiger charge is 2.35. The Balaban J connectivity index is 1.81. The molecule has 0 saturated carbocycles. The summed E-state index contributed by atoms with van der Waals surface area (Å²) in [5.41, 5.74) is 0.732. The van der Waals surface area contributed by atoms with Gasteiger partial charge in [-0.05, 0) is 45.4 Å². The molecular formula is C18H21N3O4. The number of aromatic hydroxyl groups is 1. The van der Waals surface area contributed by atoms with Crippen molar-refractivity contribution < 1.29 is 19.4 Å². The van der Waals surface area contributed by atoms with Crippen LogP contribution in [-0.4, -0.2) is 40.3 Å². The lowest BCUT2D eigenvalue weighted by Crippen LogP contribution is -2.43. The monoisotopic (exact) mass is 343 g/mol. The fraction of sp³-hybridized carbons (Fsp3) is 0.389. The molecule has 1 aliphatic heterocycles. The van der Waals surface area contributed by atoms with Crippen molar-refractivity contribution in [2.45, 2.75) is 38.8 Å². The molecular weight excluding hydrogens is 322 g/mol. The fourth-order valence-corrected chi connectivity index (χ4v) is 2.86. The van der Waals surface area contributed by atoms with Crippen LogP contribution in [0.5, 0.6) is 5.75 Å². The molecule has 1 aromatic carbocycles. The van der Waals surface area contributed by atoms with E-state index in [4.69, 9.17) is 4.74 Å². The largest absolute Gasteiger partial charge is 0.506 e. The van der Waals surface area contributed by atoms with Crippen LogP contribution < -0.4 is 10.2 Å². The molecule has 25 heavy (non-hydrogen) atoms. The zero-order valence-corrected chi connectivity index (χ0v) is 14.4. The van der Waals surface area contributed by atoms with Crippen LogP contribution in [0.1, 0.15) is 27.2 Å². The maximum absolute atomic E-state index is 12.7. The molecule has 0 aliphatic carbocycles. The smallest absolute Gasteiger partial charge is 0.408 e. The topological polar surface area (TPSA) is 91.8 Å². The zero-order chi connectivity index (χ0) is 18.2. The summed E-state index contributed by atoms with van der Waals surface area (Å²) in [7, 11) is 0. The first-order valence-electron chi connectivity index (χ1n) is 8.13. The van der Waals surface area contributed by atoms with Crippen molar-refractivity contribution in [3.63, 3.8) is 0 Å². The number of nitrogens with one attached hydrogen (secondary N) is 1. The van der Waals surface area contributed by atoms with Crippen molar-refractivity contribution in [2.75, 3.05) is 11.4 Å². The minimum Gasteiger partial charge on any atom is -0.506 e. The van der Waals surface area contributed by atoms with Crippen molar-refractivity contribution in [1.29, 1.82) is 0 Å². The van der Waals surface area contributed by atoms with E-state index in [0.717, 1.165) is 0 Å².